The van der Waals surface area contributed by atoms with Gasteiger partial charge in [-0.1, -0.05) is 22.9 Å². The van der Waals surface area contributed by atoms with Crippen LogP contribution in [0.1, 0.15) is 13.3 Å². The second-order valence-corrected chi connectivity index (χ2v) is 4.89. The van der Waals surface area contributed by atoms with Gasteiger partial charge in [0.25, 0.3) is 0 Å². The number of halogens is 2. The van der Waals surface area contributed by atoms with E-state index < -0.39 is 23.6 Å². The number of hydrogen-bond acceptors (Lipinski definition) is 3. The number of amides is 1. The van der Waals surface area contributed by atoms with Crippen LogP contribution in [0.3, 0.4) is 0 Å². The fourth-order valence-corrected chi connectivity index (χ4v) is 2.03. The molecule has 0 bridgehead atoms. The lowest BCUT2D eigenvalue weighted by Crippen LogP contribution is -2.37. The third kappa shape index (κ3) is 3.53. The van der Waals surface area contributed by atoms with Gasteiger partial charge in [0.2, 0.25) is 5.91 Å². The van der Waals surface area contributed by atoms with Crippen LogP contribution in [0.4, 0.5) is 10.1 Å². The minimum atomic E-state index is -0.923. The first-order chi connectivity index (χ1) is 8.92. The third-order valence-corrected chi connectivity index (χ3v) is 3.29. The Morgan fingerprint density at radius 1 is 1.47 bits per heavy atom. The molecule has 1 unspecified atom stereocenters. The van der Waals surface area contributed by atoms with Crippen LogP contribution in [0.25, 0.3) is 0 Å². The van der Waals surface area contributed by atoms with Crippen LogP contribution in [0.2, 0.25) is 0 Å². The molecular weight excluding hydrogens is 317 g/mol. The summed E-state index contributed by atoms with van der Waals surface area (Å²) in [5.41, 5.74) is 0.113. The number of anilines is 1. The number of rotatable bonds is 4. The highest BCUT2D eigenvalue weighted by atomic mass is 79.9. The van der Waals surface area contributed by atoms with Crippen molar-refractivity contribution in [2.45, 2.75) is 13.3 Å². The smallest absolute Gasteiger partial charge is 0.318 e. The van der Waals surface area contributed by atoms with E-state index in [1.807, 2.05) is 0 Å². The van der Waals surface area contributed by atoms with Crippen LogP contribution in [0, 0.1) is 11.7 Å². The number of esters is 1. The largest absolute Gasteiger partial charge is 0.468 e. The Morgan fingerprint density at radius 2 is 2.11 bits per heavy atom. The van der Waals surface area contributed by atoms with Crippen molar-refractivity contribution in [1.82, 2.24) is 0 Å². The van der Waals surface area contributed by atoms with E-state index in [1.54, 1.807) is 6.92 Å². The van der Waals surface area contributed by atoms with Gasteiger partial charge in [0.05, 0.1) is 12.8 Å². The molecule has 1 rings (SSSR count). The van der Waals surface area contributed by atoms with Crippen LogP contribution in [0.15, 0.2) is 22.7 Å². The predicted molar refractivity (Wildman–Crippen MR) is 73.3 cm³/mol. The molecule has 0 radical (unpaired) electrons. The molecule has 19 heavy (non-hydrogen) atoms. The summed E-state index contributed by atoms with van der Waals surface area (Å²) in [5, 5.41) is 0. The maximum absolute atomic E-state index is 13.7. The summed E-state index contributed by atoms with van der Waals surface area (Å²) < 4.78 is 18.9. The van der Waals surface area contributed by atoms with Crippen molar-refractivity contribution >= 4 is 33.5 Å². The molecule has 0 saturated heterocycles. The van der Waals surface area contributed by atoms with Gasteiger partial charge in [0, 0.05) is 11.5 Å². The molecule has 0 N–H and O–H groups in total. The van der Waals surface area contributed by atoms with Crippen molar-refractivity contribution in [3.05, 3.63) is 28.5 Å². The first-order valence-electron chi connectivity index (χ1n) is 5.72. The Morgan fingerprint density at radius 3 is 2.63 bits per heavy atom. The lowest BCUT2D eigenvalue weighted by Gasteiger charge is -2.22. The van der Waals surface area contributed by atoms with E-state index in [0.717, 1.165) is 4.90 Å². The highest BCUT2D eigenvalue weighted by Gasteiger charge is 2.30. The molecule has 1 atom stereocenters. The lowest BCUT2D eigenvalue weighted by atomic mass is 10.1. The number of carbonyl (C=O) groups excluding carboxylic acids is 2. The molecule has 0 aliphatic carbocycles. The minimum Gasteiger partial charge on any atom is -0.468 e. The van der Waals surface area contributed by atoms with E-state index in [9.17, 15) is 14.0 Å². The first-order valence-corrected chi connectivity index (χ1v) is 6.52. The molecule has 1 aromatic rings. The van der Waals surface area contributed by atoms with Gasteiger partial charge in [-0.15, -0.1) is 0 Å². The normalized spacial score (nSPS) is 11.8. The Kier molecular flexibility index (Phi) is 5.47. The van der Waals surface area contributed by atoms with E-state index in [2.05, 4.69) is 20.7 Å². The fourth-order valence-electron chi connectivity index (χ4n) is 1.68. The number of nitrogens with zero attached hydrogens (tertiary/aromatic N) is 1. The van der Waals surface area contributed by atoms with Crippen LogP contribution in [0.5, 0.6) is 0 Å². The zero-order valence-electron chi connectivity index (χ0n) is 10.9. The predicted octanol–water partition coefficient (Wildman–Crippen LogP) is 2.75. The van der Waals surface area contributed by atoms with Crippen molar-refractivity contribution in [2.75, 3.05) is 19.1 Å². The van der Waals surface area contributed by atoms with Gasteiger partial charge in [-0.25, -0.2) is 4.39 Å². The number of carbonyl (C=O) groups is 2. The van der Waals surface area contributed by atoms with Gasteiger partial charge in [-0.05, 0) is 24.6 Å². The van der Waals surface area contributed by atoms with Crippen molar-refractivity contribution < 1.29 is 18.7 Å². The molecular formula is C13H15BrFNO3. The van der Waals surface area contributed by atoms with Gasteiger partial charge >= 0.3 is 5.97 Å². The Labute approximate surface area is 119 Å². The highest BCUT2D eigenvalue weighted by molar-refractivity contribution is 9.10. The van der Waals surface area contributed by atoms with Crippen LogP contribution in [-0.4, -0.2) is 26.0 Å². The van der Waals surface area contributed by atoms with E-state index in [1.165, 1.54) is 32.4 Å². The van der Waals surface area contributed by atoms with Crippen molar-refractivity contribution in [3.8, 4) is 0 Å². The zero-order valence-corrected chi connectivity index (χ0v) is 12.5. The Bertz CT molecular complexity index is 493. The summed E-state index contributed by atoms with van der Waals surface area (Å²) in [6.45, 7) is 1.70. The second kappa shape index (κ2) is 6.65. The summed E-state index contributed by atoms with van der Waals surface area (Å²) in [4.78, 5) is 24.8. The highest BCUT2D eigenvalue weighted by Crippen LogP contribution is 2.25. The Balaban J connectivity index is 3.04. The maximum atomic E-state index is 13.7. The molecule has 0 fully saturated rings. The van der Waals surface area contributed by atoms with E-state index >= 15 is 0 Å². The van der Waals surface area contributed by atoms with Crippen molar-refractivity contribution in [3.63, 3.8) is 0 Å². The van der Waals surface area contributed by atoms with Crippen molar-refractivity contribution in [1.29, 1.82) is 0 Å². The van der Waals surface area contributed by atoms with Gasteiger partial charge in [0.1, 0.15) is 11.7 Å². The van der Waals surface area contributed by atoms with E-state index in [0.29, 0.717) is 10.9 Å². The van der Waals surface area contributed by atoms with Gasteiger partial charge < -0.3 is 9.64 Å². The molecule has 0 aliphatic rings. The number of hydrogen-bond donors (Lipinski definition) is 0. The van der Waals surface area contributed by atoms with Gasteiger partial charge in [-0.2, -0.15) is 0 Å². The molecule has 4 nitrogen and oxygen atoms in total. The number of benzene rings is 1. The van der Waals surface area contributed by atoms with Crippen LogP contribution < -0.4 is 4.90 Å². The first kappa shape index (κ1) is 15.6. The average molecular weight is 332 g/mol. The summed E-state index contributed by atoms with van der Waals surface area (Å²) in [5.74, 6) is -2.56. The van der Waals surface area contributed by atoms with Crippen LogP contribution >= 0.6 is 15.9 Å². The standard InChI is InChI=1S/C13H15BrFNO3/c1-4-9(13(18)19-3)12(17)16(2)11-7-8(14)5-6-10(11)15/h5-7,9H,4H2,1-3H3. The monoisotopic (exact) mass is 331 g/mol. The molecule has 104 valence electrons. The summed E-state index contributed by atoms with van der Waals surface area (Å²) in [6.07, 6.45) is 0.297. The van der Waals surface area contributed by atoms with E-state index in [4.69, 9.17) is 0 Å². The number of ether oxygens (including phenoxy) is 1. The summed E-state index contributed by atoms with van der Waals surface area (Å²) in [7, 11) is 2.65. The molecule has 1 amide bonds. The van der Waals surface area contributed by atoms with Gasteiger partial charge in [0.15, 0.2) is 0 Å². The molecule has 0 spiro atoms. The average Bonchev–Trinajstić information content (AvgIpc) is 2.41. The fraction of sp³-hybridized carbons (Fsp3) is 0.385. The third-order valence-electron chi connectivity index (χ3n) is 2.79. The summed E-state index contributed by atoms with van der Waals surface area (Å²) in [6, 6.07) is 4.27. The minimum absolute atomic E-state index is 0.113. The van der Waals surface area contributed by atoms with E-state index in [-0.39, 0.29) is 5.69 Å². The van der Waals surface area contributed by atoms with Crippen molar-refractivity contribution in [2.24, 2.45) is 5.92 Å². The molecule has 6 heteroatoms. The van der Waals surface area contributed by atoms with Gasteiger partial charge in [-0.3, -0.25) is 9.59 Å². The quantitative estimate of drug-likeness (QED) is 0.629. The second-order valence-electron chi connectivity index (χ2n) is 3.98. The molecule has 1 aromatic carbocycles. The molecule has 0 heterocycles. The molecule has 0 saturated carbocycles. The Hall–Kier alpha value is -1.43. The zero-order chi connectivity index (χ0) is 14.6. The van der Waals surface area contributed by atoms with Crippen LogP contribution in [-0.2, 0) is 14.3 Å². The number of methoxy groups -OCH3 is 1. The topological polar surface area (TPSA) is 46.6 Å². The molecule has 0 aliphatic heterocycles. The maximum Gasteiger partial charge on any atom is 0.318 e. The molecule has 0 aromatic heterocycles. The lowest BCUT2D eigenvalue weighted by molar-refractivity contribution is -0.149. The summed E-state index contributed by atoms with van der Waals surface area (Å²) >= 11 is 3.21. The SMILES string of the molecule is CCC(C(=O)OC)C(=O)N(C)c1cc(Br)ccc1F.